The van der Waals surface area contributed by atoms with Crippen LogP contribution < -0.4 is 5.32 Å². The van der Waals surface area contributed by atoms with Crippen LogP contribution in [0.2, 0.25) is 0 Å². The second-order valence-electron chi connectivity index (χ2n) is 5.38. The zero-order chi connectivity index (χ0) is 10.3. The fraction of sp³-hybridized carbons (Fsp3) is 0.818. The lowest BCUT2D eigenvalue weighted by molar-refractivity contribution is 0.360. The lowest BCUT2D eigenvalue weighted by atomic mass is 9.96. The van der Waals surface area contributed by atoms with Crippen molar-refractivity contribution in [3.8, 4) is 0 Å². The summed E-state index contributed by atoms with van der Waals surface area (Å²) in [5.74, 6) is 0. The molecule has 1 aliphatic rings. The molecule has 1 N–H and O–H groups in total. The zero-order valence-electron chi connectivity index (χ0n) is 9.73. The molecule has 0 radical (unpaired) electrons. The van der Waals surface area contributed by atoms with Crippen molar-refractivity contribution in [1.82, 2.24) is 10.2 Å². The summed E-state index contributed by atoms with van der Waals surface area (Å²) < 4.78 is 0. The number of hydrogen-bond acceptors (Lipinski definition) is 2. The third kappa shape index (κ3) is 2.55. The van der Waals surface area contributed by atoms with Crippen LogP contribution in [0.4, 0.5) is 0 Å². The molecule has 0 aliphatic carbocycles. The van der Waals surface area contributed by atoms with Crippen molar-refractivity contribution >= 4 is 0 Å². The molecule has 0 spiro atoms. The van der Waals surface area contributed by atoms with Gasteiger partial charge in [0.05, 0.1) is 0 Å². The van der Waals surface area contributed by atoms with Gasteiger partial charge in [-0.05, 0) is 47.4 Å². The summed E-state index contributed by atoms with van der Waals surface area (Å²) in [7, 11) is 4.23. The van der Waals surface area contributed by atoms with E-state index in [4.69, 9.17) is 0 Å². The van der Waals surface area contributed by atoms with Crippen molar-refractivity contribution in [1.29, 1.82) is 0 Å². The van der Waals surface area contributed by atoms with E-state index in [1.165, 1.54) is 5.57 Å². The third-order valence-corrected chi connectivity index (χ3v) is 2.46. The average molecular weight is 182 g/mol. The number of nitrogens with zero attached hydrogens (tertiary/aromatic N) is 1. The molecule has 1 heterocycles. The Balaban J connectivity index is 2.81. The highest BCUT2D eigenvalue weighted by atomic mass is 15.1. The molecule has 0 atom stereocenters. The fourth-order valence-electron chi connectivity index (χ4n) is 2.12. The first kappa shape index (κ1) is 10.7. The molecule has 13 heavy (non-hydrogen) atoms. The minimum Gasteiger partial charge on any atom is -0.305 e. The van der Waals surface area contributed by atoms with E-state index >= 15 is 0 Å². The maximum Gasteiger partial charge on any atom is 0.0357 e. The Morgan fingerprint density at radius 2 is 1.77 bits per heavy atom. The zero-order valence-corrected chi connectivity index (χ0v) is 9.73. The second kappa shape index (κ2) is 3.10. The van der Waals surface area contributed by atoms with Crippen molar-refractivity contribution in [3.05, 3.63) is 11.6 Å². The van der Waals surface area contributed by atoms with Crippen LogP contribution in [-0.2, 0) is 0 Å². The number of likely N-dealkylation sites (N-methyl/N-ethyl adjacent to an activating group) is 1. The summed E-state index contributed by atoms with van der Waals surface area (Å²) in [6, 6.07) is 0. The van der Waals surface area contributed by atoms with E-state index < -0.39 is 0 Å². The first-order chi connectivity index (χ1) is 5.73. The minimum absolute atomic E-state index is 0.147. The quantitative estimate of drug-likeness (QED) is 0.653. The molecule has 0 saturated heterocycles. The average Bonchev–Trinajstić information content (AvgIpc) is 1.98. The summed E-state index contributed by atoms with van der Waals surface area (Å²) >= 11 is 0. The van der Waals surface area contributed by atoms with E-state index in [-0.39, 0.29) is 11.1 Å². The summed E-state index contributed by atoms with van der Waals surface area (Å²) in [6.45, 7) is 9.98. The molecule has 1 rings (SSSR count). The maximum absolute atomic E-state index is 3.61. The van der Waals surface area contributed by atoms with E-state index in [9.17, 15) is 0 Å². The van der Waals surface area contributed by atoms with Gasteiger partial charge < -0.3 is 4.90 Å². The monoisotopic (exact) mass is 182 g/mol. The van der Waals surface area contributed by atoms with Gasteiger partial charge in [-0.15, -0.1) is 0 Å². The van der Waals surface area contributed by atoms with Crippen LogP contribution >= 0.6 is 0 Å². The van der Waals surface area contributed by atoms with Crippen LogP contribution in [0.5, 0.6) is 0 Å². The Morgan fingerprint density at radius 3 is 2.08 bits per heavy atom. The summed E-state index contributed by atoms with van der Waals surface area (Å²) in [5.41, 5.74) is 1.78. The van der Waals surface area contributed by atoms with Gasteiger partial charge in [-0.2, -0.15) is 0 Å². The standard InChI is InChI=1S/C11H22N2/c1-10(2)7-9(8-13(5)6)11(3,4)12-10/h7,12H,8H2,1-6H3. The molecule has 76 valence electrons. The first-order valence-electron chi connectivity index (χ1n) is 4.89. The van der Waals surface area contributed by atoms with Gasteiger partial charge in [0, 0.05) is 17.6 Å². The minimum atomic E-state index is 0.147. The molecule has 1 aliphatic heterocycles. The molecule has 2 heteroatoms. The van der Waals surface area contributed by atoms with Crippen LogP contribution in [-0.4, -0.2) is 36.6 Å². The van der Waals surface area contributed by atoms with E-state index in [1.54, 1.807) is 0 Å². The Kier molecular flexibility index (Phi) is 2.56. The van der Waals surface area contributed by atoms with Gasteiger partial charge in [0.1, 0.15) is 0 Å². The van der Waals surface area contributed by atoms with Gasteiger partial charge in [-0.3, -0.25) is 5.32 Å². The molecule has 0 aromatic heterocycles. The van der Waals surface area contributed by atoms with E-state index in [0.717, 1.165) is 6.54 Å². The van der Waals surface area contributed by atoms with Crippen molar-refractivity contribution in [2.45, 2.75) is 38.8 Å². The Labute approximate surface area is 82.0 Å². The highest BCUT2D eigenvalue weighted by molar-refractivity contribution is 5.31. The lowest BCUT2D eigenvalue weighted by Crippen LogP contribution is -2.46. The summed E-state index contributed by atoms with van der Waals surface area (Å²) in [4.78, 5) is 2.22. The number of nitrogens with one attached hydrogen (secondary N) is 1. The van der Waals surface area contributed by atoms with Crippen LogP contribution in [0, 0.1) is 0 Å². The van der Waals surface area contributed by atoms with Crippen LogP contribution in [0.3, 0.4) is 0 Å². The van der Waals surface area contributed by atoms with Crippen molar-refractivity contribution in [2.24, 2.45) is 0 Å². The number of rotatable bonds is 2. The van der Waals surface area contributed by atoms with Gasteiger partial charge in [0.15, 0.2) is 0 Å². The normalized spacial score (nSPS) is 25.0. The predicted molar refractivity (Wildman–Crippen MR) is 57.9 cm³/mol. The molecule has 0 fully saturated rings. The maximum atomic E-state index is 3.61. The predicted octanol–water partition coefficient (Wildman–Crippen LogP) is 1.63. The highest BCUT2D eigenvalue weighted by Gasteiger charge is 2.36. The first-order valence-corrected chi connectivity index (χ1v) is 4.89. The van der Waals surface area contributed by atoms with E-state index in [1.807, 2.05) is 0 Å². The van der Waals surface area contributed by atoms with Gasteiger partial charge >= 0.3 is 0 Å². The summed E-state index contributed by atoms with van der Waals surface area (Å²) in [5, 5.41) is 3.61. The Morgan fingerprint density at radius 1 is 1.23 bits per heavy atom. The SMILES string of the molecule is CN(C)CC1=CC(C)(C)NC1(C)C. The van der Waals surface area contributed by atoms with Crippen molar-refractivity contribution in [3.63, 3.8) is 0 Å². The molecule has 0 aromatic carbocycles. The van der Waals surface area contributed by atoms with Crippen LogP contribution in [0.15, 0.2) is 11.6 Å². The van der Waals surface area contributed by atoms with Gasteiger partial charge in [-0.25, -0.2) is 0 Å². The fourth-order valence-corrected chi connectivity index (χ4v) is 2.12. The van der Waals surface area contributed by atoms with E-state index in [0.29, 0.717) is 0 Å². The van der Waals surface area contributed by atoms with Crippen LogP contribution in [0.1, 0.15) is 27.7 Å². The molecular formula is C11H22N2. The molecule has 2 nitrogen and oxygen atoms in total. The molecule has 0 amide bonds. The largest absolute Gasteiger partial charge is 0.305 e. The van der Waals surface area contributed by atoms with Gasteiger partial charge in [0.25, 0.3) is 0 Å². The topological polar surface area (TPSA) is 15.3 Å². The smallest absolute Gasteiger partial charge is 0.0357 e. The van der Waals surface area contributed by atoms with Crippen molar-refractivity contribution in [2.75, 3.05) is 20.6 Å². The molecule has 0 saturated carbocycles. The summed E-state index contributed by atoms with van der Waals surface area (Å²) in [6.07, 6.45) is 2.35. The molecule has 0 unspecified atom stereocenters. The van der Waals surface area contributed by atoms with Gasteiger partial charge in [0.2, 0.25) is 0 Å². The second-order valence-corrected chi connectivity index (χ2v) is 5.38. The molecule has 0 bridgehead atoms. The third-order valence-electron chi connectivity index (χ3n) is 2.46. The Bertz CT molecular complexity index is 224. The number of hydrogen-bond donors (Lipinski definition) is 1. The molecule has 0 aromatic rings. The van der Waals surface area contributed by atoms with Gasteiger partial charge in [-0.1, -0.05) is 6.08 Å². The lowest BCUT2D eigenvalue weighted by Gasteiger charge is -2.29. The molecular weight excluding hydrogens is 160 g/mol. The highest BCUT2D eigenvalue weighted by Crippen LogP contribution is 2.29. The Hall–Kier alpha value is -0.340. The van der Waals surface area contributed by atoms with Crippen molar-refractivity contribution < 1.29 is 0 Å². The van der Waals surface area contributed by atoms with Crippen LogP contribution in [0.25, 0.3) is 0 Å². The van der Waals surface area contributed by atoms with E-state index in [2.05, 4.69) is 58.1 Å².